The molecule has 0 saturated carbocycles. The highest BCUT2D eigenvalue weighted by Crippen LogP contribution is 2.60. The van der Waals surface area contributed by atoms with Crippen LogP contribution in [0.5, 0.6) is 0 Å². The van der Waals surface area contributed by atoms with E-state index in [2.05, 4.69) is 29.4 Å². The fourth-order valence-corrected chi connectivity index (χ4v) is 7.10. The molecule has 3 aliphatic carbocycles. The van der Waals surface area contributed by atoms with Crippen LogP contribution in [0.1, 0.15) is 61.4 Å². The molecule has 0 spiro atoms. The molecule has 198 valence electrons. The van der Waals surface area contributed by atoms with Gasteiger partial charge in [0.25, 0.3) is 11.8 Å². The quantitative estimate of drug-likeness (QED) is 0.209. The maximum atomic E-state index is 13.8. The van der Waals surface area contributed by atoms with E-state index in [9.17, 15) is 14.4 Å². The third-order valence-electron chi connectivity index (χ3n) is 8.73. The molecule has 7 heteroatoms. The molecule has 1 fully saturated rings. The number of imide groups is 1. The van der Waals surface area contributed by atoms with E-state index < -0.39 is 17.8 Å². The van der Waals surface area contributed by atoms with Crippen molar-refractivity contribution >= 4 is 24.0 Å². The van der Waals surface area contributed by atoms with Crippen LogP contribution >= 0.6 is 0 Å². The van der Waals surface area contributed by atoms with Crippen molar-refractivity contribution in [3.8, 4) is 5.69 Å². The first-order valence-electron chi connectivity index (χ1n) is 13.4. The first kappa shape index (κ1) is 24.3. The normalized spacial score (nSPS) is 22.4. The number of carbonyl (C=O) groups excluding carboxylic acids is 3. The summed E-state index contributed by atoms with van der Waals surface area (Å²) in [4.78, 5) is 39.7. The van der Waals surface area contributed by atoms with E-state index >= 15 is 0 Å². The number of rotatable bonds is 4. The Morgan fingerprint density at radius 2 is 1.35 bits per heavy atom. The van der Waals surface area contributed by atoms with E-state index in [1.165, 1.54) is 7.11 Å². The summed E-state index contributed by atoms with van der Waals surface area (Å²) in [6, 6.07) is 25.5. The van der Waals surface area contributed by atoms with Gasteiger partial charge in [0.1, 0.15) is 0 Å². The molecule has 3 aromatic carbocycles. The number of hydrazone groups is 1. The Morgan fingerprint density at radius 1 is 0.800 bits per heavy atom. The van der Waals surface area contributed by atoms with Crippen molar-refractivity contribution in [2.75, 3.05) is 7.11 Å². The molecule has 0 N–H and O–H groups in total. The Balaban J connectivity index is 1.24. The van der Waals surface area contributed by atoms with Crippen molar-refractivity contribution in [3.63, 3.8) is 0 Å². The zero-order valence-electron chi connectivity index (χ0n) is 22.4. The maximum absolute atomic E-state index is 13.8. The van der Waals surface area contributed by atoms with Gasteiger partial charge in [0, 0.05) is 34.5 Å². The van der Waals surface area contributed by atoms with Crippen molar-refractivity contribution in [3.05, 3.63) is 124 Å². The minimum atomic E-state index is -0.465. The predicted molar refractivity (Wildman–Crippen MR) is 150 cm³/mol. The average Bonchev–Trinajstić information content (AvgIpc) is 3.41. The SMILES string of the molecule is COC(=O)c1cccc(-n2c(C)cc(/C=N\N3C(=O)[C@@H]4C5c6ccccc6C(c6ccccc65)[C@@H]4C3=O)c2C)c1. The summed E-state index contributed by atoms with van der Waals surface area (Å²) in [6.45, 7) is 3.90. The van der Waals surface area contributed by atoms with Crippen molar-refractivity contribution in [2.24, 2.45) is 16.9 Å². The van der Waals surface area contributed by atoms with Gasteiger partial charge in [-0.05, 0) is 60.4 Å². The van der Waals surface area contributed by atoms with Crippen LogP contribution in [0.4, 0.5) is 0 Å². The molecular weight excluding hydrogens is 502 g/mol. The molecule has 2 heterocycles. The Kier molecular flexibility index (Phi) is 5.39. The highest BCUT2D eigenvalue weighted by Gasteiger charge is 2.61. The molecule has 7 nitrogen and oxygen atoms in total. The van der Waals surface area contributed by atoms with Crippen LogP contribution in [-0.4, -0.2) is 40.7 Å². The summed E-state index contributed by atoms with van der Waals surface area (Å²) in [5.41, 5.74) is 8.39. The number of amides is 2. The van der Waals surface area contributed by atoms with Gasteiger partial charge in [-0.15, -0.1) is 0 Å². The molecule has 1 saturated heterocycles. The number of aryl methyl sites for hydroxylation is 1. The number of aromatic nitrogens is 1. The second-order valence-corrected chi connectivity index (χ2v) is 10.7. The number of hydrogen-bond donors (Lipinski definition) is 0. The van der Waals surface area contributed by atoms with Gasteiger partial charge in [-0.1, -0.05) is 54.6 Å². The van der Waals surface area contributed by atoms with E-state index in [-0.39, 0.29) is 23.7 Å². The average molecular weight is 530 g/mol. The van der Waals surface area contributed by atoms with E-state index in [1.54, 1.807) is 18.3 Å². The molecule has 0 unspecified atom stereocenters. The van der Waals surface area contributed by atoms with Gasteiger partial charge in [-0.2, -0.15) is 10.1 Å². The summed E-state index contributed by atoms with van der Waals surface area (Å²) in [5, 5.41) is 5.59. The summed E-state index contributed by atoms with van der Waals surface area (Å²) in [6.07, 6.45) is 1.60. The van der Waals surface area contributed by atoms with E-state index in [4.69, 9.17) is 4.74 Å². The Labute approximate surface area is 231 Å². The van der Waals surface area contributed by atoms with Crippen LogP contribution in [0.3, 0.4) is 0 Å². The molecule has 2 bridgehead atoms. The monoisotopic (exact) mass is 529 g/mol. The lowest BCUT2D eigenvalue weighted by Gasteiger charge is -2.45. The minimum absolute atomic E-state index is 0.161. The van der Waals surface area contributed by atoms with Gasteiger partial charge in [-0.25, -0.2) is 4.79 Å². The van der Waals surface area contributed by atoms with Gasteiger partial charge < -0.3 is 9.30 Å². The molecule has 4 aliphatic rings. The fourth-order valence-electron chi connectivity index (χ4n) is 7.10. The number of nitrogens with zero attached hydrogens (tertiary/aromatic N) is 3. The Bertz CT molecular complexity index is 1650. The molecule has 2 atom stereocenters. The summed E-state index contributed by atoms with van der Waals surface area (Å²) in [5.74, 6) is -2.15. The molecule has 4 aromatic rings. The molecule has 0 radical (unpaired) electrons. The van der Waals surface area contributed by atoms with E-state index in [0.717, 1.165) is 49.9 Å². The fraction of sp³-hybridized carbons (Fsp3) is 0.212. The summed E-state index contributed by atoms with van der Waals surface area (Å²) >= 11 is 0. The van der Waals surface area contributed by atoms with Gasteiger partial charge >= 0.3 is 5.97 Å². The lowest BCUT2D eigenvalue weighted by Crippen LogP contribution is -2.41. The number of methoxy groups -OCH3 is 1. The van der Waals surface area contributed by atoms with Crippen molar-refractivity contribution < 1.29 is 19.1 Å². The summed E-state index contributed by atoms with van der Waals surface area (Å²) < 4.78 is 6.88. The van der Waals surface area contributed by atoms with Gasteiger partial charge in [0.05, 0.1) is 30.7 Å². The van der Waals surface area contributed by atoms with E-state index in [0.29, 0.717) is 5.56 Å². The maximum Gasteiger partial charge on any atom is 0.337 e. The van der Waals surface area contributed by atoms with Crippen molar-refractivity contribution in [1.82, 2.24) is 9.58 Å². The first-order chi connectivity index (χ1) is 19.4. The lowest BCUT2D eigenvalue weighted by molar-refractivity contribution is -0.139. The largest absolute Gasteiger partial charge is 0.465 e. The zero-order valence-corrected chi connectivity index (χ0v) is 22.4. The van der Waals surface area contributed by atoms with Crippen LogP contribution in [-0.2, 0) is 14.3 Å². The van der Waals surface area contributed by atoms with Crippen molar-refractivity contribution in [2.45, 2.75) is 25.7 Å². The first-order valence-corrected chi connectivity index (χ1v) is 13.4. The third-order valence-corrected chi connectivity index (χ3v) is 8.73. The van der Waals surface area contributed by atoms with Gasteiger partial charge in [0.15, 0.2) is 0 Å². The molecule has 40 heavy (non-hydrogen) atoms. The van der Waals surface area contributed by atoms with Crippen LogP contribution < -0.4 is 0 Å². The van der Waals surface area contributed by atoms with Crippen LogP contribution in [0.25, 0.3) is 5.69 Å². The zero-order chi connectivity index (χ0) is 27.7. The number of esters is 1. The summed E-state index contributed by atoms with van der Waals surface area (Å²) in [7, 11) is 1.36. The smallest absolute Gasteiger partial charge is 0.337 e. The molecule has 1 aromatic heterocycles. The lowest BCUT2D eigenvalue weighted by atomic mass is 9.55. The molecular formula is C33H27N3O4. The standard InChI is InChI=1S/C33H27N3O4/c1-18-15-21(19(2)35(18)22-10-8-9-20(16-22)33(39)40-3)17-34-36-31(37)29-27-23-11-4-5-12-24(23)28(30(29)32(36)38)26-14-7-6-13-25(26)27/h4-17,27-30H,1-3H3/b34-17-/t27?,28?,29-,30+. The van der Waals surface area contributed by atoms with E-state index in [1.807, 2.05) is 60.9 Å². The van der Waals surface area contributed by atoms with Crippen LogP contribution in [0.15, 0.2) is 84.0 Å². The Morgan fingerprint density at radius 3 is 1.88 bits per heavy atom. The Hall–Kier alpha value is -4.78. The van der Waals surface area contributed by atoms with Crippen molar-refractivity contribution in [1.29, 1.82) is 0 Å². The number of benzene rings is 3. The minimum Gasteiger partial charge on any atom is -0.465 e. The number of ether oxygens (including phenoxy) is 1. The van der Waals surface area contributed by atoms with Gasteiger partial charge in [0.2, 0.25) is 0 Å². The highest BCUT2D eigenvalue weighted by atomic mass is 16.5. The second kappa shape index (κ2) is 8.88. The predicted octanol–water partition coefficient (Wildman–Crippen LogP) is 5.11. The number of hydrogen-bond acceptors (Lipinski definition) is 5. The number of carbonyl (C=O) groups is 3. The topological polar surface area (TPSA) is 81.0 Å². The third kappa shape index (κ3) is 3.30. The van der Waals surface area contributed by atoms with Crippen LogP contribution in [0.2, 0.25) is 0 Å². The highest BCUT2D eigenvalue weighted by molar-refractivity contribution is 6.08. The molecule has 8 rings (SSSR count). The molecule has 1 aliphatic heterocycles. The molecule has 2 amide bonds. The second-order valence-electron chi connectivity index (χ2n) is 10.7. The van der Waals surface area contributed by atoms with Gasteiger partial charge in [-0.3, -0.25) is 9.59 Å². The van der Waals surface area contributed by atoms with Crippen LogP contribution in [0, 0.1) is 25.7 Å².